The Kier molecular flexibility index (Phi) is 5.37. The molecule has 0 spiro atoms. The fourth-order valence-electron chi connectivity index (χ4n) is 1.61. The second-order valence-electron chi connectivity index (χ2n) is 5.74. The van der Waals surface area contributed by atoms with Crippen molar-refractivity contribution in [1.82, 2.24) is 30.8 Å². The van der Waals surface area contributed by atoms with Gasteiger partial charge < -0.3 is 9.73 Å². The zero-order valence-corrected chi connectivity index (χ0v) is 13.9. The van der Waals surface area contributed by atoms with Crippen LogP contribution >= 0.6 is 11.8 Å². The first-order valence-electron chi connectivity index (χ1n) is 6.87. The second kappa shape index (κ2) is 7.27. The summed E-state index contributed by atoms with van der Waals surface area (Å²) in [4.78, 5) is 23.4. The molecule has 0 saturated carbocycles. The Morgan fingerprint density at radius 3 is 2.83 bits per heavy atom. The van der Waals surface area contributed by atoms with Crippen LogP contribution < -0.4 is 10.6 Å². The number of amides is 3. The van der Waals surface area contributed by atoms with Gasteiger partial charge in [-0.15, -0.1) is 5.10 Å². The lowest BCUT2D eigenvalue weighted by Gasteiger charge is -2.20. The van der Waals surface area contributed by atoms with Crippen LogP contribution in [0.1, 0.15) is 26.5 Å². The van der Waals surface area contributed by atoms with Crippen molar-refractivity contribution in [3.05, 3.63) is 24.2 Å². The van der Waals surface area contributed by atoms with Gasteiger partial charge in [0.15, 0.2) is 0 Å². The van der Waals surface area contributed by atoms with Crippen molar-refractivity contribution in [3.8, 4) is 0 Å². The highest BCUT2D eigenvalue weighted by Crippen LogP contribution is 2.14. The summed E-state index contributed by atoms with van der Waals surface area (Å²) in [5.41, 5.74) is -0.412. The topological polar surface area (TPSA) is 115 Å². The minimum atomic E-state index is -0.529. The van der Waals surface area contributed by atoms with Gasteiger partial charge in [0.05, 0.1) is 12.0 Å². The van der Waals surface area contributed by atoms with Gasteiger partial charge in [-0.1, -0.05) is 11.8 Å². The molecule has 23 heavy (non-hydrogen) atoms. The molecule has 124 valence electrons. The van der Waals surface area contributed by atoms with Gasteiger partial charge in [-0.2, -0.15) is 0 Å². The Labute approximate surface area is 137 Å². The number of hydrogen-bond acceptors (Lipinski definition) is 7. The monoisotopic (exact) mass is 338 g/mol. The van der Waals surface area contributed by atoms with Crippen molar-refractivity contribution in [2.75, 3.05) is 5.75 Å². The van der Waals surface area contributed by atoms with Crippen molar-refractivity contribution in [1.29, 1.82) is 0 Å². The van der Waals surface area contributed by atoms with E-state index in [1.807, 2.05) is 20.8 Å². The predicted molar refractivity (Wildman–Crippen MR) is 82.8 cm³/mol. The van der Waals surface area contributed by atoms with Crippen LogP contribution in [0.3, 0.4) is 0 Å². The average molecular weight is 338 g/mol. The molecule has 0 bridgehead atoms. The second-order valence-corrected chi connectivity index (χ2v) is 6.68. The molecule has 2 aromatic rings. The van der Waals surface area contributed by atoms with Gasteiger partial charge in [0.25, 0.3) is 0 Å². The zero-order valence-electron chi connectivity index (χ0n) is 13.1. The number of furan rings is 1. The molecule has 0 fully saturated rings. The molecule has 0 atom stereocenters. The number of urea groups is 1. The fourth-order valence-corrected chi connectivity index (χ4v) is 2.29. The number of tetrazole rings is 1. The summed E-state index contributed by atoms with van der Waals surface area (Å²) in [7, 11) is 0. The van der Waals surface area contributed by atoms with E-state index in [-0.39, 0.29) is 5.75 Å². The van der Waals surface area contributed by atoms with Crippen LogP contribution in [0.25, 0.3) is 0 Å². The zero-order chi connectivity index (χ0) is 16.9. The highest BCUT2D eigenvalue weighted by atomic mass is 32.2. The Balaban J connectivity index is 1.83. The number of hydrogen-bond donors (Lipinski definition) is 2. The smallest absolute Gasteiger partial charge is 0.321 e. The van der Waals surface area contributed by atoms with Crippen molar-refractivity contribution in [3.63, 3.8) is 0 Å². The maximum atomic E-state index is 11.8. The van der Waals surface area contributed by atoms with E-state index in [0.717, 1.165) is 11.8 Å². The SMILES string of the molecule is CC(C)(C)NC(=O)NC(=O)CSc1nnnn1Cc1ccco1. The van der Waals surface area contributed by atoms with Gasteiger partial charge in [-0.05, 0) is 43.3 Å². The van der Waals surface area contributed by atoms with E-state index < -0.39 is 17.5 Å². The molecule has 3 amide bonds. The third-order valence-electron chi connectivity index (χ3n) is 2.46. The molecule has 2 heterocycles. The van der Waals surface area contributed by atoms with Crippen molar-refractivity contribution < 1.29 is 14.0 Å². The molecular formula is C13H18N6O3S. The Morgan fingerprint density at radius 2 is 2.17 bits per heavy atom. The van der Waals surface area contributed by atoms with E-state index >= 15 is 0 Å². The van der Waals surface area contributed by atoms with Gasteiger partial charge in [-0.25, -0.2) is 9.48 Å². The highest BCUT2D eigenvalue weighted by Gasteiger charge is 2.17. The highest BCUT2D eigenvalue weighted by molar-refractivity contribution is 7.99. The molecule has 2 N–H and O–H groups in total. The van der Waals surface area contributed by atoms with Crippen LogP contribution in [-0.4, -0.2) is 43.4 Å². The predicted octanol–water partition coefficient (Wildman–Crippen LogP) is 1.03. The molecule has 0 aromatic carbocycles. The normalized spacial score (nSPS) is 11.3. The van der Waals surface area contributed by atoms with Crippen LogP contribution in [-0.2, 0) is 11.3 Å². The number of imide groups is 1. The lowest BCUT2D eigenvalue weighted by molar-refractivity contribution is -0.117. The molecule has 0 aliphatic carbocycles. The van der Waals surface area contributed by atoms with Crippen LogP contribution in [0.5, 0.6) is 0 Å². The first-order valence-corrected chi connectivity index (χ1v) is 7.85. The van der Waals surface area contributed by atoms with Gasteiger partial charge in [0.1, 0.15) is 12.3 Å². The van der Waals surface area contributed by atoms with Gasteiger partial charge in [0.2, 0.25) is 11.1 Å². The lowest BCUT2D eigenvalue weighted by Crippen LogP contribution is -2.48. The minimum Gasteiger partial charge on any atom is -0.467 e. The summed E-state index contributed by atoms with van der Waals surface area (Å²) in [6.45, 7) is 5.85. The van der Waals surface area contributed by atoms with Crippen LogP contribution in [0.2, 0.25) is 0 Å². The van der Waals surface area contributed by atoms with E-state index in [2.05, 4.69) is 26.2 Å². The van der Waals surface area contributed by atoms with E-state index in [9.17, 15) is 9.59 Å². The summed E-state index contributed by atoms with van der Waals surface area (Å²) in [5.74, 6) is 0.299. The maximum absolute atomic E-state index is 11.8. The molecule has 2 aromatic heterocycles. The van der Waals surface area contributed by atoms with Crippen LogP contribution in [0, 0.1) is 0 Å². The average Bonchev–Trinajstić information content (AvgIpc) is 3.06. The standard InChI is InChI=1S/C13H18N6O3S/c1-13(2,3)15-11(21)14-10(20)8-23-12-16-17-18-19(12)7-9-5-4-6-22-9/h4-6H,7-8H2,1-3H3,(H2,14,15,20,21). The quantitative estimate of drug-likeness (QED) is 0.782. The van der Waals surface area contributed by atoms with Crippen molar-refractivity contribution >= 4 is 23.7 Å². The van der Waals surface area contributed by atoms with Crippen molar-refractivity contribution in [2.45, 2.75) is 38.0 Å². The molecule has 10 heteroatoms. The number of nitrogens with zero attached hydrogens (tertiary/aromatic N) is 4. The number of rotatable bonds is 5. The Bertz CT molecular complexity index is 662. The number of carbonyl (C=O) groups is 2. The summed E-state index contributed by atoms with van der Waals surface area (Å²) >= 11 is 1.14. The molecule has 0 saturated heterocycles. The number of thioether (sulfide) groups is 1. The molecular weight excluding hydrogens is 320 g/mol. The van der Waals surface area contributed by atoms with Crippen LogP contribution in [0.15, 0.2) is 28.0 Å². The maximum Gasteiger partial charge on any atom is 0.321 e. The van der Waals surface area contributed by atoms with Crippen LogP contribution in [0.4, 0.5) is 4.79 Å². The number of aromatic nitrogens is 4. The summed E-state index contributed by atoms with van der Waals surface area (Å²) < 4.78 is 6.75. The molecule has 0 unspecified atom stereocenters. The molecule has 2 rings (SSSR count). The van der Waals surface area contributed by atoms with Gasteiger partial charge in [0, 0.05) is 5.54 Å². The molecule has 9 nitrogen and oxygen atoms in total. The summed E-state index contributed by atoms with van der Waals surface area (Å²) in [6, 6.07) is 3.05. The first kappa shape index (κ1) is 17.0. The third-order valence-corrected chi connectivity index (χ3v) is 3.42. The summed E-state index contributed by atoms with van der Waals surface area (Å²) in [5, 5.41) is 16.6. The van der Waals surface area contributed by atoms with Gasteiger partial charge >= 0.3 is 6.03 Å². The fraction of sp³-hybridized carbons (Fsp3) is 0.462. The Morgan fingerprint density at radius 1 is 1.39 bits per heavy atom. The first-order chi connectivity index (χ1) is 10.8. The molecule has 0 radical (unpaired) electrons. The van der Waals surface area contributed by atoms with E-state index in [4.69, 9.17) is 4.42 Å². The minimum absolute atomic E-state index is 0.0239. The van der Waals surface area contributed by atoms with Crippen molar-refractivity contribution in [2.24, 2.45) is 0 Å². The lowest BCUT2D eigenvalue weighted by atomic mass is 10.1. The third kappa shape index (κ3) is 5.74. The largest absolute Gasteiger partial charge is 0.467 e. The molecule has 0 aliphatic heterocycles. The number of carbonyl (C=O) groups excluding carboxylic acids is 2. The van der Waals surface area contributed by atoms with E-state index in [1.165, 1.54) is 4.68 Å². The summed E-state index contributed by atoms with van der Waals surface area (Å²) in [6.07, 6.45) is 1.56. The van der Waals surface area contributed by atoms with E-state index in [0.29, 0.717) is 17.5 Å². The molecule has 0 aliphatic rings. The van der Waals surface area contributed by atoms with Gasteiger partial charge in [-0.3, -0.25) is 10.1 Å². The number of nitrogens with one attached hydrogen (secondary N) is 2. The Hall–Kier alpha value is -2.36. The van der Waals surface area contributed by atoms with E-state index in [1.54, 1.807) is 18.4 Å².